The first-order valence-electron chi connectivity index (χ1n) is 7.52. The van der Waals surface area contributed by atoms with Gasteiger partial charge in [-0.05, 0) is 45.9 Å². The van der Waals surface area contributed by atoms with Crippen LogP contribution in [0.15, 0.2) is 30.4 Å². The highest BCUT2D eigenvalue weighted by Crippen LogP contribution is 2.24. The van der Waals surface area contributed by atoms with E-state index in [4.69, 9.17) is 4.74 Å². The lowest BCUT2D eigenvalue weighted by molar-refractivity contribution is 0.0534. The first-order valence-corrected chi connectivity index (χ1v) is 7.52. The first-order chi connectivity index (χ1) is 10.7. The van der Waals surface area contributed by atoms with Gasteiger partial charge in [-0.1, -0.05) is 12.2 Å². The number of nitrogens with one attached hydrogen (secondary N) is 2. The molecule has 128 valence electrons. The van der Waals surface area contributed by atoms with Crippen LogP contribution in [0.2, 0.25) is 0 Å². The van der Waals surface area contributed by atoms with Crippen LogP contribution in [0.3, 0.4) is 0 Å². The van der Waals surface area contributed by atoms with E-state index >= 15 is 0 Å². The van der Waals surface area contributed by atoms with E-state index < -0.39 is 11.7 Å². The average molecular weight is 324 g/mol. The normalized spacial score (nSPS) is 13.1. The summed E-state index contributed by atoms with van der Waals surface area (Å²) in [5, 5.41) is 15.5. The van der Waals surface area contributed by atoms with Gasteiger partial charge in [0.05, 0.1) is 0 Å². The Morgan fingerprint density at radius 2 is 2.00 bits per heavy atom. The SMILES string of the molecule is CC(NC/C=C/CNC(=O)OC(C)(C)C)c1cc(F)ccc1O. The maximum absolute atomic E-state index is 13.2. The second-order valence-electron chi connectivity index (χ2n) is 6.19. The number of benzene rings is 1. The molecular formula is C17H25FN2O3. The summed E-state index contributed by atoms with van der Waals surface area (Å²) in [5.74, 6) is -0.328. The quantitative estimate of drug-likeness (QED) is 0.703. The molecule has 1 unspecified atom stereocenters. The number of hydrogen-bond acceptors (Lipinski definition) is 4. The van der Waals surface area contributed by atoms with Crippen LogP contribution in [0, 0.1) is 5.82 Å². The fourth-order valence-electron chi connectivity index (χ4n) is 1.85. The van der Waals surface area contributed by atoms with Gasteiger partial charge in [0.15, 0.2) is 0 Å². The largest absolute Gasteiger partial charge is 0.508 e. The number of phenols is 1. The van der Waals surface area contributed by atoms with Gasteiger partial charge in [0.1, 0.15) is 17.2 Å². The molecular weight excluding hydrogens is 299 g/mol. The van der Waals surface area contributed by atoms with Gasteiger partial charge in [-0.3, -0.25) is 0 Å². The summed E-state index contributed by atoms with van der Waals surface area (Å²) >= 11 is 0. The molecule has 0 aliphatic rings. The van der Waals surface area contributed by atoms with E-state index in [1.807, 2.05) is 13.0 Å². The van der Waals surface area contributed by atoms with Gasteiger partial charge in [0, 0.05) is 24.7 Å². The summed E-state index contributed by atoms with van der Waals surface area (Å²) in [6.07, 6.45) is 3.16. The number of aromatic hydroxyl groups is 1. The molecule has 23 heavy (non-hydrogen) atoms. The van der Waals surface area contributed by atoms with Gasteiger partial charge in [-0.15, -0.1) is 0 Å². The van der Waals surface area contributed by atoms with Crippen molar-refractivity contribution in [3.8, 4) is 5.75 Å². The molecule has 1 atom stereocenters. The first kappa shape index (κ1) is 19.0. The van der Waals surface area contributed by atoms with Crippen LogP contribution < -0.4 is 10.6 Å². The highest BCUT2D eigenvalue weighted by molar-refractivity contribution is 5.67. The lowest BCUT2D eigenvalue weighted by Crippen LogP contribution is -2.32. The predicted molar refractivity (Wildman–Crippen MR) is 87.9 cm³/mol. The summed E-state index contributed by atoms with van der Waals surface area (Å²) in [6.45, 7) is 8.12. The molecule has 6 heteroatoms. The van der Waals surface area contributed by atoms with Gasteiger partial charge in [0.25, 0.3) is 0 Å². The Kier molecular flexibility index (Phi) is 7.03. The molecule has 1 aromatic carbocycles. The Hall–Kier alpha value is -2.08. The number of phenolic OH excluding ortho intramolecular Hbond substituents is 1. The minimum Gasteiger partial charge on any atom is -0.508 e. The Labute approximate surface area is 136 Å². The Morgan fingerprint density at radius 1 is 1.35 bits per heavy atom. The molecule has 5 nitrogen and oxygen atoms in total. The number of halogens is 1. The lowest BCUT2D eigenvalue weighted by Gasteiger charge is -2.19. The third-order valence-electron chi connectivity index (χ3n) is 2.93. The molecule has 1 aromatic rings. The van der Waals surface area contributed by atoms with E-state index in [1.54, 1.807) is 26.8 Å². The van der Waals surface area contributed by atoms with Gasteiger partial charge in [-0.25, -0.2) is 9.18 Å². The number of amides is 1. The van der Waals surface area contributed by atoms with E-state index in [2.05, 4.69) is 10.6 Å². The monoisotopic (exact) mass is 324 g/mol. The van der Waals surface area contributed by atoms with Crippen LogP contribution in [-0.4, -0.2) is 29.9 Å². The average Bonchev–Trinajstić information content (AvgIpc) is 2.43. The minimum absolute atomic E-state index is 0.0574. The molecule has 1 rings (SSSR count). The summed E-state index contributed by atoms with van der Waals surface area (Å²) in [6, 6.07) is 3.66. The molecule has 0 spiro atoms. The van der Waals surface area contributed by atoms with E-state index in [9.17, 15) is 14.3 Å². The van der Waals surface area contributed by atoms with Crippen LogP contribution in [0.1, 0.15) is 39.3 Å². The highest BCUT2D eigenvalue weighted by atomic mass is 19.1. The topological polar surface area (TPSA) is 70.6 Å². The Balaban J connectivity index is 2.31. The van der Waals surface area contributed by atoms with Crippen molar-refractivity contribution in [2.45, 2.75) is 39.3 Å². The second-order valence-corrected chi connectivity index (χ2v) is 6.19. The number of hydrogen-bond donors (Lipinski definition) is 3. The standard InChI is InChI=1S/C17H25FN2O3/c1-12(14-11-13(18)7-8-15(14)21)19-9-5-6-10-20-16(22)23-17(2,3)4/h5-8,11-12,19,21H,9-10H2,1-4H3,(H,20,22)/b6-5+. The zero-order valence-electron chi connectivity index (χ0n) is 14.0. The van der Waals surface area contributed by atoms with E-state index in [0.717, 1.165) is 0 Å². The fraction of sp³-hybridized carbons (Fsp3) is 0.471. The number of rotatable bonds is 6. The molecule has 0 radical (unpaired) electrons. The van der Waals surface area contributed by atoms with Crippen molar-refractivity contribution >= 4 is 6.09 Å². The van der Waals surface area contributed by atoms with Crippen LogP contribution >= 0.6 is 0 Å². The molecule has 0 fully saturated rings. The molecule has 0 aliphatic heterocycles. The Morgan fingerprint density at radius 3 is 2.65 bits per heavy atom. The molecule has 0 aliphatic carbocycles. The smallest absolute Gasteiger partial charge is 0.407 e. The van der Waals surface area contributed by atoms with E-state index in [0.29, 0.717) is 18.7 Å². The lowest BCUT2D eigenvalue weighted by atomic mass is 10.1. The van der Waals surface area contributed by atoms with Crippen LogP contribution in [0.4, 0.5) is 9.18 Å². The zero-order valence-corrected chi connectivity index (χ0v) is 14.0. The van der Waals surface area contributed by atoms with Crippen molar-refractivity contribution in [1.29, 1.82) is 0 Å². The van der Waals surface area contributed by atoms with Crippen molar-refractivity contribution in [1.82, 2.24) is 10.6 Å². The molecule has 0 heterocycles. The third-order valence-corrected chi connectivity index (χ3v) is 2.93. The predicted octanol–water partition coefficient (Wildman–Crippen LogP) is 3.26. The van der Waals surface area contributed by atoms with Crippen molar-refractivity contribution in [3.63, 3.8) is 0 Å². The summed E-state index contributed by atoms with van der Waals surface area (Å²) < 4.78 is 18.3. The van der Waals surface area contributed by atoms with Crippen LogP contribution in [-0.2, 0) is 4.74 Å². The minimum atomic E-state index is -0.516. The molecule has 0 aromatic heterocycles. The molecule has 0 saturated heterocycles. The molecule has 0 bridgehead atoms. The maximum Gasteiger partial charge on any atom is 0.407 e. The maximum atomic E-state index is 13.2. The van der Waals surface area contributed by atoms with Crippen LogP contribution in [0.25, 0.3) is 0 Å². The van der Waals surface area contributed by atoms with Crippen molar-refractivity contribution in [2.75, 3.05) is 13.1 Å². The van der Waals surface area contributed by atoms with Crippen molar-refractivity contribution in [3.05, 3.63) is 41.7 Å². The Bertz CT molecular complexity index is 553. The van der Waals surface area contributed by atoms with Gasteiger partial charge in [0.2, 0.25) is 0 Å². The zero-order chi connectivity index (χ0) is 17.5. The number of carbonyl (C=O) groups excluding carboxylic acids is 1. The van der Waals surface area contributed by atoms with Crippen molar-refractivity contribution < 1.29 is 19.0 Å². The molecule has 3 N–H and O–H groups in total. The molecule has 1 amide bonds. The summed E-state index contributed by atoms with van der Waals surface area (Å²) in [5.41, 5.74) is -0.0112. The summed E-state index contributed by atoms with van der Waals surface area (Å²) in [7, 11) is 0. The number of alkyl carbamates (subject to hydrolysis) is 1. The van der Waals surface area contributed by atoms with Gasteiger partial charge >= 0.3 is 6.09 Å². The van der Waals surface area contributed by atoms with E-state index in [1.165, 1.54) is 18.2 Å². The highest BCUT2D eigenvalue weighted by Gasteiger charge is 2.15. The van der Waals surface area contributed by atoms with E-state index in [-0.39, 0.29) is 17.6 Å². The van der Waals surface area contributed by atoms with Crippen molar-refractivity contribution in [2.24, 2.45) is 0 Å². The second kappa shape index (κ2) is 8.53. The van der Waals surface area contributed by atoms with Gasteiger partial charge in [-0.2, -0.15) is 0 Å². The number of carbonyl (C=O) groups is 1. The molecule has 0 saturated carbocycles. The fourth-order valence-corrected chi connectivity index (χ4v) is 1.85. The number of ether oxygens (including phenoxy) is 1. The van der Waals surface area contributed by atoms with Gasteiger partial charge < -0.3 is 20.5 Å². The summed E-state index contributed by atoms with van der Waals surface area (Å²) in [4.78, 5) is 11.4. The third kappa shape index (κ3) is 7.65. The van der Waals surface area contributed by atoms with Crippen LogP contribution in [0.5, 0.6) is 5.75 Å².